The van der Waals surface area contributed by atoms with E-state index in [2.05, 4.69) is 19.2 Å². The minimum Gasteiger partial charge on any atom is -0.491 e. The molecule has 2 nitrogen and oxygen atoms in total. The molecule has 0 radical (unpaired) electrons. The standard InChI is InChI=1S/C12H19NO/c1-10(13-3)9-11(2)14-12-7-5-4-6-8-12/h4-8,10-11,13H,9H2,1-3H3. The fraction of sp³-hybridized carbons (Fsp3) is 0.500. The number of hydrogen-bond donors (Lipinski definition) is 1. The SMILES string of the molecule is CNC(C)CC(C)Oc1ccccc1. The highest BCUT2D eigenvalue weighted by Crippen LogP contribution is 2.12. The number of para-hydroxylation sites is 1. The molecule has 1 aromatic rings. The number of nitrogens with one attached hydrogen (secondary N) is 1. The molecule has 0 saturated carbocycles. The maximum Gasteiger partial charge on any atom is 0.119 e. The van der Waals surface area contributed by atoms with E-state index in [1.165, 1.54) is 0 Å². The summed E-state index contributed by atoms with van der Waals surface area (Å²) in [5.74, 6) is 0.948. The molecule has 0 amide bonds. The van der Waals surface area contributed by atoms with Crippen molar-refractivity contribution in [3.05, 3.63) is 30.3 Å². The van der Waals surface area contributed by atoms with Crippen LogP contribution in [0.1, 0.15) is 20.3 Å². The zero-order valence-corrected chi connectivity index (χ0v) is 9.16. The monoisotopic (exact) mass is 193 g/mol. The van der Waals surface area contributed by atoms with Crippen LogP contribution in [0.15, 0.2) is 30.3 Å². The van der Waals surface area contributed by atoms with Gasteiger partial charge < -0.3 is 10.1 Å². The summed E-state index contributed by atoms with van der Waals surface area (Å²) in [5, 5.41) is 3.20. The summed E-state index contributed by atoms with van der Waals surface area (Å²) in [4.78, 5) is 0. The molecule has 1 aromatic carbocycles. The molecule has 0 spiro atoms. The first-order chi connectivity index (χ1) is 6.72. The van der Waals surface area contributed by atoms with Gasteiger partial charge in [-0.15, -0.1) is 0 Å². The van der Waals surface area contributed by atoms with E-state index >= 15 is 0 Å². The van der Waals surface area contributed by atoms with Gasteiger partial charge in [0.15, 0.2) is 0 Å². The molecule has 0 bridgehead atoms. The Bertz CT molecular complexity index is 248. The van der Waals surface area contributed by atoms with Crippen LogP contribution in [0.3, 0.4) is 0 Å². The van der Waals surface area contributed by atoms with Crippen molar-refractivity contribution < 1.29 is 4.74 Å². The van der Waals surface area contributed by atoms with Crippen LogP contribution in [0, 0.1) is 0 Å². The Morgan fingerprint density at radius 3 is 2.43 bits per heavy atom. The maximum absolute atomic E-state index is 5.75. The Labute approximate surface area is 86.3 Å². The van der Waals surface area contributed by atoms with Gasteiger partial charge in [-0.3, -0.25) is 0 Å². The molecule has 2 atom stereocenters. The summed E-state index contributed by atoms with van der Waals surface area (Å²) >= 11 is 0. The van der Waals surface area contributed by atoms with E-state index in [-0.39, 0.29) is 6.10 Å². The van der Waals surface area contributed by atoms with Crippen LogP contribution in [0.25, 0.3) is 0 Å². The van der Waals surface area contributed by atoms with E-state index in [1.807, 2.05) is 37.4 Å². The van der Waals surface area contributed by atoms with Gasteiger partial charge in [-0.05, 0) is 39.4 Å². The third-order valence-corrected chi connectivity index (χ3v) is 2.26. The fourth-order valence-corrected chi connectivity index (χ4v) is 1.40. The van der Waals surface area contributed by atoms with Gasteiger partial charge >= 0.3 is 0 Å². The summed E-state index contributed by atoms with van der Waals surface area (Å²) < 4.78 is 5.75. The molecule has 0 aliphatic carbocycles. The minimum atomic E-state index is 0.250. The molecule has 2 unspecified atom stereocenters. The van der Waals surface area contributed by atoms with Crippen molar-refractivity contribution in [3.8, 4) is 5.75 Å². The molecule has 0 aliphatic heterocycles. The Balaban J connectivity index is 2.37. The predicted molar refractivity (Wildman–Crippen MR) is 59.7 cm³/mol. The molecule has 14 heavy (non-hydrogen) atoms. The second-order valence-electron chi connectivity index (χ2n) is 3.67. The number of benzene rings is 1. The molecule has 0 saturated heterocycles. The second kappa shape index (κ2) is 5.66. The molecule has 0 fully saturated rings. The number of ether oxygens (including phenoxy) is 1. The van der Waals surface area contributed by atoms with Gasteiger partial charge in [0.1, 0.15) is 5.75 Å². The Kier molecular flexibility index (Phi) is 4.47. The van der Waals surface area contributed by atoms with Crippen molar-refractivity contribution in [2.75, 3.05) is 7.05 Å². The van der Waals surface area contributed by atoms with E-state index in [9.17, 15) is 0 Å². The quantitative estimate of drug-likeness (QED) is 0.775. The molecule has 2 heteroatoms. The van der Waals surface area contributed by atoms with Crippen LogP contribution < -0.4 is 10.1 Å². The van der Waals surface area contributed by atoms with Crippen LogP contribution in [0.2, 0.25) is 0 Å². The van der Waals surface area contributed by atoms with E-state index in [0.717, 1.165) is 12.2 Å². The van der Waals surface area contributed by atoms with E-state index < -0.39 is 0 Å². The third kappa shape index (κ3) is 3.79. The molecule has 0 aromatic heterocycles. The fourth-order valence-electron chi connectivity index (χ4n) is 1.40. The predicted octanol–water partition coefficient (Wildman–Crippen LogP) is 2.45. The smallest absolute Gasteiger partial charge is 0.119 e. The van der Waals surface area contributed by atoms with Crippen LogP contribution in [-0.4, -0.2) is 19.2 Å². The largest absolute Gasteiger partial charge is 0.491 e. The van der Waals surface area contributed by atoms with Gasteiger partial charge in [0, 0.05) is 6.04 Å². The normalized spacial score (nSPS) is 14.8. The lowest BCUT2D eigenvalue weighted by Gasteiger charge is -2.18. The van der Waals surface area contributed by atoms with Crippen LogP contribution in [0.5, 0.6) is 5.75 Å². The lowest BCUT2D eigenvalue weighted by molar-refractivity contribution is 0.198. The maximum atomic E-state index is 5.75. The lowest BCUT2D eigenvalue weighted by Crippen LogP contribution is -2.28. The minimum absolute atomic E-state index is 0.250. The topological polar surface area (TPSA) is 21.3 Å². The van der Waals surface area contributed by atoms with Gasteiger partial charge in [0.25, 0.3) is 0 Å². The summed E-state index contributed by atoms with van der Waals surface area (Å²) in [6.45, 7) is 4.26. The second-order valence-corrected chi connectivity index (χ2v) is 3.67. The average Bonchev–Trinajstić information content (AvgIpc) is 2.19. The average molecular weight is 193 g/mol. The van der Waals surface area contributed by atoms with Crippen molar-refractivity contribution in [3.63, 3.8) is 0 Å². The van der Waals surface area contributed by atoms with Gasteiger partial charge in [-0.2, -0.15) is 0 Å². The van der Waals surface area contributed by atoms with Crippen molar-refractivity contribution in [1.29, 1.82) is 0 Å². The highest BCUT2D eigenvalue weighted by Gasteiger charge is 2.07. The van der Waals surface area contributed by atoms with Crippen LogP contribution in [0.4, 0.5) is 0 Å². The summed E-state index contributed by atoms with van der Waals surface area (Å²) in [5.41, 5.74) is 0. The first-order valence-corrected chi connectivity index (χ1v) is 5.11. The Morgan fingerprint density at radius 2 is 1.86 bits per heavy atom. The zero-order chi connectivity index (χ0) is 10.4. The van der Waals surface area contributed by atoms with Crippen molar-refractivity contribution >= 4 is 0 Å². The first kappa shape index (κ1) is 11.1. The van der Waals surface area contributed by atoms with Gasteiger partial charge in [0.05, 0.1) is 6.10 Å². The lowest BCUT2D eigenvalue weighted by atomic mass is 10.1. The number of rotatable bonds is 5. The molecule has 78 valence electrons. The molecule has 0 heterocycles. The first-order valence-electron chi connectivity index (χ1n) is 5.11. The van der Waals surface area contributed by atoms with Crippen molar-refractivity contribution in [2.45, 2.75) is 32.4 Å². The molecular formula is C12H19NO. The van der Waals surface area contributed by atoms with E-state index in [4.69, 9.17) is 4.74 Å². The van der Waals surface area contributed by atoms with Gasteiger partial charge in [0.2, 0.25) is 0 Å². The molecule has 1 N–H and O–H groups in total. The molecular weight excluding hydrogens is 174 g/mol. The van der Waals surface area contributed by atoms with Crippen LogP contribution in [-0.2, 0) is 0 Å². The van der Waals surface area contributed by atoms with Gasteiger partial charge in [-0.25, -0.2) is 0 Å². The number of hydrogen-bond acceptors (Lipinski definition) is 2. The summed E-state index contributed by atoms with van der Waals surface area (Å²) in [7, 11) is 1.97. The Morgan fingerprint density at radius 1 is 1.21 bits per heavy atom. The Hall–Kier alpha value is -1.02. The van der Waals surface area contributed by atoms with Crippen molar-refractivity contribution in [2.24, 2.45) is 0 Å². The summed E-state index contributed by atoms with van der Waals surface area (Å²) in [6.07, 6.45) is 1.27. The third-order valence-electron chi connectivity index (χ3n) is 2.26. The molecule has 1 rings (SSSR count). The van der Waals surface area contributed by atoms with E-state index in [1.54, 1.807) is 0 Å². The van der Waals surface area contributed by atoms with Crippen molar-refractivity contribution in [1.82, 2.24) is 5.32 Å². The zero-order valence-electron chi connectivity index (χ0n) is 9.16. The van der Waals surface area contributed by atoms with E-state index in [0.29, 0.717) is 6.04 Å². The highest BCUT2D eigenvalue weighted by molar-refractivity contribution is 5.21. The molecule has 0 aliphatic rings. The van der Waals surface area contributed by atoms with Crippen LogP contribution >= 0.6 is 0 Å². The highest BCUT2D eigenvalue weighted by atomic mass is 16.5. The summed E-state index contributed by atoms with van der Waals surface area (Å²) in [6, 6.07) is 10.4. The van der Waals surface area contributed by atoms with Gasteiger partial charge in [-0.1, -0.05) is 18.2 Å².